The van der Waals surface area contributed by atoms with Gasteiger partial charge in [0.25, 0.3) is 0 Å². The molecule has 6 rings (SSSR count). The molecular weight excluding hydrogens is 593 g/mol. The SMILES string of the molecule is [C-]#[N+]c1cc[c-]c2c1ccc1c3c(cnc12)C(C)(C)CC3(c1ccccc1)c1ccccc1.[Ir]. The van der Waals surface area contributed by atoms with Crippen LogP contribution in [0, 0.1) is 12.6 Å². The van der Waals surface area contributed by atoms with Gasteiger partial charge in [0.15, 0.2) is 0 Å². The topological polar surface area (TPSA) is 17.2 Å². The van der Waals surface area contributed by atoms with Gasteiger partial charge in [-0.15, -0.1) is 29.0 Å². The number of hydrogen-bond acceptors (Lipinski definition) is 1. The first-order chi connectivity index (χ1) is 16.1. The Morgan fingerprint density at radius 3 is 2.09 bits per heavy atom. The van der Waals surface area contributed by atoms with Gasteiger partial charge < -0.3 is 4.98 Å². The van der Waals surface area contributed by atoms with Crippen LogP contribution in [-0.2, 0) is 30.9 Å². The average Bonchev–Trinajstić information content (AvgIpc) is 3.12. The molecule has 34 heavy (non-hydrogen) atoms. The second-order valence-electron chi connectivity index (χ2n) is 9.60. The van der Waals surface area contributed by atoms with Crippen molar-refractivity contribution in [2.45, 2.75) is 31.1 Å². The Balaban J connectivity index is 0.00000241. The van der Waals surface area contributed by atoms with Crippen molar-refractivity contribution in [1.29, 1.82) is 0 Å². The zero-order chi connectivity index (χ0) is 22.6. The van der Waals surface area contributed by atoms with Crippen molar-refractivity contribution < 1.29 is 20.1 Å². The number of hydrogen-bond donors (Lipinski definition) is 0. The maximum atomic E-state index is 7.59. The molecule has 3 heteroatoms. The molecule has 0 spiro atoms. The summed E-state index contributed by atoms with van der Waals surface area (Å²) >= 11 is 0. The monoisotopic (exact) mass is 616 g/mol. The van der Waals surface area contributed by atoms with Crippen molar-refractivity contribution in [2.24, 2.45) is 0 Å². The van der Waals surface area contributed by atoms with Crippen LogP contribution >= 0.6 is 0 Å². The van der Waals surface area contributed by atoms with E-state index < -0.39 is 0 Å². The zero-order valence-electron chi connectivity index (χ0n) is 19.1. The quantitative estimate of drug-likeness (QED) is 0.147. The number of nitrogens with zero attached hydrogens (tertiary/aromatic N) is 2. The average molecular weight is 616 g/mol. The van der Waals surface area contributed by atoms with Crippen molar-refractivity contribution in [3.63, 3.8) is 0 Å². The first kappa shape index (κ1) is 22.5. The van der Waals surface area contributed by atoms with Gasteiger partial charge in [0.2, 0.25) is 0 Å². The zero-order valence-corrected chi connectivity index (χ0v) is 21.5. The third kappa shape index (κ3) is 3.07. The molecular formula is C31H23IrN2-. The van der Waals surface area contributed by atoms with Gasteiger partial charge in [-0.1, -0.05) is 80.6 Å². The van der Waals surface area contributed by atoms with Crippen molar-refractivity contribution in [2.75, 3.05) is 0 Å². The van der Waals surface area contributed by atoms with Gasteiger partial charge in [-0.05, 0) is 45.0 Å². The van der Waals surface area contributed by atoms with Gasteiger partial charge in [-0.2, -0.15) is 6.07 Å². The third-order valence-corrected chi connectivity index (χ3v) is 7.30. The maximum absolute atomic E-state index is 7.59. The third-order valence-electron chi connectivity index (χ3n) is 7.30. The maximum Gasteiger partial charge on any atom is 0.115 e. The number of fused-ring (bicyclic) bond motifs is 5. The molecule has 5 aromatic rings. The molecule has 167 valence electrons. The molecule has 0 unspecified atom stereocenters. The van der Waals surface area contributed by atoms with Crippen LogP contribution in [-0.4, -0.2) is 4.98 Å². The van der Waals surface area contributed by atoms with Crippen LogP contribution in [0.5, 0.6) is 0 Å². The molecule has 4 aromatic carbocycles. The van der Waals surface area contributed by atoms with Crippen molar-refractivity contribution in [3.05, 3.63) is 131 Å². The minimum absolute atomic E-state index is 0. The van der Waals surface area contributed by atoms with E-state index in [0.29, 0.717) is 5.69 Å². The Morgan fingerprint density at radius 1 is 0.853 bits per heavy atom. The number of pyridine rings is 1. The summed E-state index contributed by atoms with van der Waals surface area (Å²) < 4.78 is 0. The van der Waals surface area contributed by atoms with Gasteiger partial charge in [-0.3, -0.25) is 4.85 Å². The largest absolute Gasteiger partial charge is 0.304 e. The molecule has 0 fully saturated rings. The predicted molar refractivity (Wildman–Crippen MR) is 135 cm³/mol. The Hall–Kier alpha value is -3.31. The molecule has 0 saturated carbocycles. The molecule has 1 aliphatic carbocycles. The van der Waals surface area contributed by atoms with Crippen LogP contribution in [0.1, 0.15) is 42.5 Å². The summed E-state index contributed by atoms with van der Waals surface area (Å²) in [5, 5.41) is 2.98. The summed E-state index contributed by atoms with van der Waals surface area (Å²) in [7, 11) is 0. The first-order valence-corrected chi connectivity index (χ1v) is 11.3. The van der Waals surface area contributed by atoms with Crippen LogP contribution < -0.4 is 0 Å². The van der Waals surface area contributed by atoms with Crippen LogP contribution in [0.25, 0.3) is 26.5 Å². The van der Waals surface area contributed by atoms with Gasteiger partial charge >= 0.3 is 0 Å². The van der Waals surface area contributed by atoms with Crippen molar-refractivity contribution >= 4 is 27.4 Å². The second-order valence-corrected chi connectivity index (χ2v) is 9.60. The van der Waals surface area contributed by atoms with E-state index in [-0.39, 0.29) is 30.9 Å². The van der Waals surface area contributed by atoms with E-state index in [1.165, 1.54) is 22.3 Å². The molecule has 0 atom stereocenters. The van der Waals surface area contributed by atoms with E-state index in [9.17, 15) is 0 Å². The number of benzene rings is 4. The molecule has 0 saturated heterocycles. The fourth-order valence-corrected chi connectivity index (χ4v) is 5.94. The predicted octanol–water partition coefficient (Wildman–Crippen LogP) is 7.75. The van der Waals surface area contributed by atoms with E-state index in [2.05, 4.69) is 104 Å². The summed E-state index contributed by atoms with van der Waals surface area (Å²) in [6, 6.07) is 33.1. The molecule has 1 aromatic heterocycles. The summed E-state index contributed by atoms with van der Waals surface area (Å²) in [6.07, 6.45) is 3.04. The van der Waals surface area contributed by atoms with E-state index in [4.69, 9.17) is 11.6 Å². The molecule has 0 aliphatic heterocycles. The van der Waals surface area contributed by atoms with E-state index in [1.807, 2.05) is 12.1 Å². The normalized spacial score (nSPS) is 15.4. The molecule has 2 nitrogen and oxygen atoms in total. The Kier molecular flexibility index (Phi) is 5.40. The summed E-state index contributed by atoms with van der Waals surface area (Å²) in [4.78, 5) is 8.70. The van der Waals surface area contributed by atoms with E-state index in [0.717, 1.165) is 28.1 Å². The van der Waals surface area contributed by atoms with E-state index >= 15 is 0 Å². The molecule has 0 bridgehead atoms. The first-order valence-electron chi connectivity index (χ1n) is 11.3. The minimum Gasteiger partial charge on any atom is -0.304 e. The smallest absolute Gasteiger partial charge is 0.115 e. The molecule has 1 heterocycles. The van der Waals surface area contributed by atoms with Crippen LogP contribution in [0.2, 0.25) is 0 Å². The molecule has 1 radical (unpaired) electrons. The number of rotatable bonds is 2. The standard InChI is InChI=1S/C31H23N2.Ir/c1-30(2)20-31(21-11-6-4-7-12-21,22-13-8-5-9-14-22)28-25-18-17-23-24(15-10-16-27(23)32-3)29(25)33-19-26(28)30;/h4-14,16-19H,20H2,1-2H3;/q-1;. The Morgan fingerprint density at radius 2 is 1.47 bits per heavy atom. The van der Waals surface area contributed by atoms with Crippen LogP contribution in [0.4, 0.5) is 5.69 Å². The number of aromatic nitrogens is 1. The molecule has 0 N–H and O–H groups in total. The van der Waals surface area contributed by atoms with Gasteiger partial charge in [-0.25, -0.2) is 0 Å². The van der Waals surface area contributed by atoms with Gasteiger partial charge in [0.05, 0.1) is 6.57 Å². The van der Waals surface area contributed by atoms with Crippen molar-refractivity contribution in [3.8, 4) is 0 Å². The summed E-state index contributed by atoms with van der Waals surface area (Å²) in [6.45, 7) is 12.2. The van der Waals surface area contributed by atoms with Crippen molar-refractivity contribution in [1.82, 2.24) is 4.98 Å². The Labute approximate surface area is 213 Å². The van der Waals surface area contributed by atoms with Crippen LogP contribution in [0.3, 0.4) is 0 Å². The van der Waals surface area contributed by atoms with Gasteiger partial charge in [0.1, 0.15) is 5.69 Å². The molecule has 0 amide bonds. The van der Waals surface area contributed by atoms with Gasteiger partial charge in [0, 0.05) is 31.7 Å². The minimum atomic E-state index is -0.284. The van der Waals surface area contributed by atoms with Crippen LogP contribution in [0.15, 0.2) is 91.1 Å². The molecule has 1 aliphatic rings. The fraction of sp³-hybridized carbons (Fsp3) is 0.161. The Bertz CT molecular complexity index is 1520. The second kappa shape index (κ2) is 8.17. The summed E-state index contributed by atoms with van der Waals surface area (Å²) in [5.74, 6) is 0. The fourth-order valence-electron chi connectivity index (χ4n) is 5.94. The summed E-state index contributed by atoms with van der Waals surface area (Å²) in [5.41, 5.74) is 6.47. The van der Waals surface area contributed by atoms with E-state index in [1.54, 1.807) is 0 Å².